The first-order valence-corrected chi connectivity index (χ1v) is 14.4. The lowest BCUT2D eigenvalue weighted by Gasteiger charge is -2.28. The van der Waals surface area contributed by atoms with Gasteiger partial charge >= 0.3 is 5.97 Å². The van der Waals surface area contributed by atoms with E-state index in [9.17, 15) is 24.3 Å². The SMILES string of the molecule is CCC(C)C(NC(=O)C(N)Cc1ccccc1)C(=O)NC(CCCN=C(N)N)C(=O)NC(CCSC)C(=O)O. The van der Waals surface area contributed by atoms with Crippen LogP contribution in [0.1, 0.15) is 45.1 Å². The van der Waals surface area contributed by atoms with Crippen molar-refractivity contribution in [2.24, 2.45) is 28.1 Å². The first-order chi connectivity index (χ1) is 18.5. The molecule has 0 heterocycles. The van der Waals surface area contributed by atoms with E-state index in [1.807, 2.05) is 50.4 Å². The molecule has 218 valence electrons. The second kappa shape index (κ2) is 18.1. The van der Waals surface area contributed by atoms with Gasteiger partial charge in [0.05, 0.1) is 6.04 Å². The molecule has 0 aromatic heterocycles. The van der Waals surface area contributed by atoms with E-state index >= 15 is 0 Å². The van der Waals surface area contributed by atoms with Gasteiger partial charge in [-0.1, -0.05) is 50.6 Å². The fourth-order valence-electron chi connectivity index (χ4n) is 3.72. The second-order valence-electron chi connectivity index (χ2n) is 9.36. The highest BCUT2D eigenvalue weighted by Gasteiger charge is 2.32. The summed E-state index contributed by atoms with van der Waals surface area (Å²) in [6, 6.07) is 5.29. The molecule has 0 aliphatic rings. The molecule has 3 amide bonds. The van der Waals surface area contributed by atoms with Crippen LogP contribution in [0.4, 0.5) is 0 Å². The third kappa shape index (κ3) is 12.9. The molecule has 0 fully saturated rings. The summed E-state index contributed by atoms with van der Waals surface area (Å²) >= 11 is 1.46. The number of guanidine groups is 1. The zero-order chi connectivity index (χ0) is 29.4. The van der Waals surface area contributed by atoms with Crippen LogP contribution in [-0.2, 0) is 25.6 Å². The summed E-state index contributed by atoms with van der Waals surface area (Å²) < 4.78 is 0. The molecule has 1 rings (SSSR count). The van der Waals surface area contributed by atoms with Crippen LogP contribution in [0.5, 0.6) is 0 Å². The Labute approximate surface area is 234 Å². The quantitative estimate of drug-likeness (QED) is 0.0720. The summed E-state index contributed by atoms with van der Waals surface area (Å²) in [4.78, 5) is 54.9. The van der Waals surface area contributed by atoms with Gasteiger partial charge in [0, 0.05) is 6.54 Å². The third-order valence-corrected chi connectivity index (χ3v) is 6.88. The van der Waals surface area contributed by atoms with E-state index in [1.54, 1.807) is 0 Å². The maximum atomic E-state index is 13.4. The summed E-state index contributed by atoms with van der Waals surface area (Å²) in [6.45, 7) is 3.91. The molecule has 0 radical (unpaired) electrons. The minimum absolute atomic E-state index is 0.102. The van der Waals surface area contributed by atoms with E-state index in [2.05, 4.69) is 20.9 Å². The van der Waals surface area contributed by atoms with Gasteiger partial charge in [0.2, 0.25) is 17.7 Å². The van der Waals surface area contributed by atoms with Crippen LogP contribution in [0, 0.1) is 5.92 Å². The molecule has 0 aliphatic heterocycles. The number of carbonyl (C=O) groups excluding carboxylic acids is 3. The number of nitrogens with zero attached hydrogens (tertiary/aromatic N) is 1. The number of nitrogens with one attached hydrogen (secondary N) is 3. The Kier molecular flexibility index (Phi) is 15.6. The lowest BCUT2D eigenvalue weighted by Crippen LogP contribution is -2.58. The van der Waals surface area contributed by atoms with E-state index in [0.29, 0.717) is 25.0 Å². The number of hydrogen-bond acceptors (Lipinski definition) is 7. The first kappa shape index (κ1) is 33.7. The van der Waals surface area contributed by atoms with Crippen molar-refractivity contribution in [3.8, 4) is 0 Å². The number of carbonyl (C=O) groups is 4. The van der Waals surface area contributed by atoms with Crippen LogP contribution < -0.4 is 33.2 Å². The highest BCUT2D eigenvalue weighted by molar-refractivity contribution is 7.98. The van der Waals surface area contributed by atoms with Crippen LogP contribution in [-0.4, -0.2) is 77.5 Å². The first-order valence-electron chi connectivity index (χ1n) is 13.0. The molecular weight excluding hydrogens is 522 g/mol. The summed E-state index contributed by atoms with van der Waals surface area (Å²) in [7, 11) is 0. The van der Waals surface area contributed by atoms with Crippen molar-refractivity contribution in [2.45, 2.75) is 70.1 Å². The molecule has 0 aliphatic carbocycles. The normalized spacial score (nSPS) is 14.7. The van der Waals surface area contributed by atoms with Crippen molar-refractivity contribution in [2.75, 3.05) is 18.6 Å². The van der Waals surface area contributed by atoms with Crippen molar-refractivity contribution < 1.29 is 24.3 Å². The van der Waals surface area contributed by atoms with Gasteiger partial charge in [0.25, 0.3) is 0 Å². The van der Waals surface area contributed by atoms with E-state index < -0.39 is 47.9 Å². The third-order valence-electron chi connectivity index (χ3n) is 6.23. The van der Waals surface area contributed by atoms with E-state index in [-0.39, 0.29) is 31.3 Å². The molecule has 0 bridgehead atoms. The fraction of sp³-hybridized carbons (Fsp3) is 0.577. The summed E-state index contributed by atoms with van der Waals surface area (Å²) in [5.41, 5.74) is 17.7. The minimum Gasteiger partial charge on any atom is -0.480 e. The lowest BCUT2D eigenvalue weighted by molar-refractivity contribution is -0.142. The van der Waals surface area contributed by atoms with Gasteiger partial charge in [-0.15, -0.1) is 0 Å². The van der Waals surface area contributed by atoms with Gasteiger partial charge in [-0.05, 0) is 49.2 Å². The summed E-state index contributed by atoms with van der Waals surface area (Å²) in [5.74, 6) is -2.70. The zero-order valence-electron chi connectivity index (χ0n) is 22.9. The average molecular weight is 566 g/mol. The summed E-state index contributed by atoms with van der Waals surface area (Å²) in [6.07, 6.45) is 3.43. The largest absolute Gasteiger partial charge is 0.480 e. The maximum absolute atomic E-state index is 13.4. The topological polar surface area (TPSA) is 215 Å². The minimum atomic E-state index is -1.17. The number of thioether (sulfide) groups is 1. The van der Waals surface area contributed by atoms with Crippen molar-refractivity contribution in [1.82, 2.24) is 16.0 Å². The highest BCUT2D eigenvalue weighted by atomic mass is 32.2. The van der Waals surface area contributed by atoms with Gasteiger partial charge < -0.3 is 38.3 Å². The van der Waals surface area contributed by atoms with Crippen molar-refractivity contribution in [1.29, 1.82) is 0 Å². The Balaban J connectivity index is 3.02. The molecule has 5 atom stereocenters. The Bertz CT molecular complexity index is 959. The van der Waals surface area contributed by atoms with Crippen LogP contribution in [0.15, 0.2) is 35.3 Å². The van der Waals surface area contributed by atoms with E-state index in [4.69, 9.17) is 17.2 Å². The van der Waals surface area contributed by atoms with E-state index in [1.165, 1.54) is 11.8 Å². The summed E-state index contributed by atoms with van der Waals surface area (Å²) in [5, 5.41) is 17.5. The van der Waals surface area contributed by atoms with Gasteiger partial charge in [-0.3, -0.25) is 19.4 Å². The molecule has 0 saturated carbocycles. The number of carboxylic acid groups (broad SMARTS) is 1. The number of aliphatic carboxylic acids is 1. The maximum Gasteiger partial charge on any atom is 0.326 e. The Morgan fingerprint density at radius 3 is 2.18 bits per heavy atom. The number of aliphatic imine (C=N–C) groups is 1. The van der Waals surface area contributed by atoms with Crippen molar-refractivity contribution in [3.05, 3.63) is 35.9 Å². The molecule has 1 aromatic carbocycles. The van der Waals surface area contributed by atoms with Crippen LogP contribution in [0.3, 0.4) is 0 Å². The Hall–Kier alpha value is -3.32. The van der Waals surface area contributed by atoms with Gasteiger partial charge in [0.1, 0.15) is 18.1 Å². The van der Waals surface area contributed by atoms with Crippen molar-refractivity contribution in [3.63, 3.8) is 0 Å². The molecule has 10 N–H and O–H groups in total. The Morgan fingerprint density at radius 2 is 1.62 bits per heavy atom. The number of hydrogen-bond donors (Lipinski definition) is 7. The van der Waals surface area contributed by atoms with E-state index in [0.717, 1.165) is 5.56 Å². The molecule has 1 aromatic rings. The lowest BCUT2D eigenvalue weighted by atomic mass is 9.96. The zero-order valence-corrected chi connectivity index (χ0v) is 23.7. The predicted molar refractivity (Wildman–Crippen MR) is 154 cm³/mol. The monoisotopic (exact) mass is 565 g/mol. The molecular formula is C26H43N7O5S. The molecule has 13 heteroatoms. The number of carboxylic acids is 1. The predicted octanol–water partition coefficient (Wildman–Crippen LogP) is -0.0518. The molecule has 39 heavy (non-hydrogen) atoms. The second-order valence-corrected chi connectivity index (χ2v) is 10.3. The molecule has 0 spiro atoms. The van der Waals surface area contributed by atoms with Gasteiger partial charge in [-0.2, -0.15) is 11.8 Å². The number of amides is 3. The standard InChI is InChI=1S/C26H43N7O5S/c1-4-16(2)21(33-22(34)18(27)15-17-9-6-5-7-10-17)24(36)31-19(11-8-13-30-26(28)29)23(35)32-20(25(37)38)12-14-39-3/h5-7,9-10,16,18-21H,4,8,11-15,27H2,1-3H3,(H,31,36)(H,32,35)(H,33,34)(H,37,38)(H4,28,29,30). The molecule has 0 saturated heterocycles. The van der Waals surface area contributed by atoms with Crippen LogP contribution in [0.2, 0.25) is 0 Å². The van der Waals surface area contributed by atoms with Crippen LogP contribution in [0.25, 0.3) is 0 Å². The highest BCUT2D eigenvalue weighted by Crippen LogP contribution is 2.11. The fourth-order valence-corrected chi connectivity index (χ4v) is 4.19. The van der Waals surface area contributed by atoms with Gasteiger partial charge in [-0.25, -0.2) is 4.79 Å². The number of nitrogens with two attached hydrogens (primary N) is 3. The average Bonchev–Trinajstić information content (AvgIpc) is 2.90. The smallest absolute Gasteiger partial charge is 0.326 e. The van der Waals surface area contributed by atoms with Crippen molar-refractivity contribution >= 4 is 41.4 Å². The molecule has 5 unspecified atom stereocenters. The van der Waals surface area contributed by atoms with Gasteiger partial charge in [0.15, 0.2) is 5.96 Å². The Morgan fingerprint density at radius 1 is 0.974 bits per heavy atom. The number of rotatable bonds is 18. The van der Waals surface area contributed by atoms with Crippen LogP contribution >= 0.6 is 11.8 Å². The number of benzene rings is 1. The molecule has 12 nitrogen and oxygen atoms in total.